The number of nitrogens with zero attached hydrogens (tertiary/aromatic N) is 1. The molecule has 1 aromatic heterocycles. The maximum absolute atomic E-state index is 5.97. The lowest BCUT2D eigenvalue weighted by molar-refractivity contribution is 0.355. The Balaban J connectivity index is 2.12. The molecular weight excluding hydrogens is 258 g/mol. The van der Waals surface area contributed by atoms with Crippen LogP contribution in [0.5, 0.6) is 11.5 Å². The van der Waals surface area contributed by atoms with Crippen molar-refractivity contribution in [3.63, 3.8) is 0 Å². The van der Waals surface area contributed by atoms with Crippen molar-refractivity contribution >= 4 is 11.4 Å². The lowest BCUT2D eigenvalue weighted by atomic mass is 10.2. The lowest BCUT2D eigenvalue weighted by Crippen LogP contribution is -2.04. The average molecular weight is 277 g/mol. The van der Waals surface area contributed by atoms with Gasteiger partial charge in [0.1, 0.15) is 5.76 Å². The van der Waals surface area contributed by atoms with Crippen molar-refractivity contribution in [2.45, 2.75) is 19.9 Å². The predicted molar refractivity (Wildman–Crippen MR) is 77.2 cm³/mol. The summed E-state index contributed by atoms with van der Waals surface area (Å²) in [7, 11) is 3.16. The molecule has 0 amide bonds. The molecule has 6 heteroatoms. The highest BCUT2D eigenvalue weighted by atomic mass is 16.5. The minimum Gasteiger partial charge on any atom is -0.493 e. The Morgan fingerprint density at radius 2 is 1.95 bits per heavy atom. The van der Waals surface area contributed by atoms with Gasteiger partial charge < -0.3 is 24.9 Å². The Labute approximate surface area is 117 Å². The number of aryl methyl sites for hydroxylation is 1. The monoisotopic (exact) mass is 277 g/mol. The summed E-state index contributed by atoms with van der Waals surface area (Å²) in [6.45, 7) is 2.48. The van der Waals surface area contributed by atoms with E-state index in [1.807, 2.05) is 6.92 Å². The third-order valence-electron chi connectivity index (χ3n) is 2.94. The molecule has 0 saturated heterocycles. The number of nitrogens with one attached hydrogen (secondary N) is 1. The number of hydrogen-bond acceptors (Lipinski definition) is 6. The zero-order valence-electron chi connectivity index (χ0n) is 11.9. The van der Waals surface area contributed by atoms with Crippen LogP contribution in [0, 0.1) is 0 Å². The van der Waals surface area contributed by atoms with Crippen molar-refractivity contribution in [3.05, 3.63) is 30.0 Å². The zero-order valence-corrected chi connectivity index (χ0v) is 11.9. The second-order valence-electron chi connectivity index (χ2n) is 4.22. The smallest absolute Gasteiger partial charge is 0.213 e. The number of aromatic nitrogens is 1. The number of oxazole rings is 1. The molecule has 0 spiro atoms. The van der Waals surface area contributed by atoms with Gasteiger partial charge in [0.05, 0.1) is 38.3 Å². The third kappa shape index (κ3) is 2.96. The molecule has 0 fully saturated rings. The van der Waals surface area contributed by atoms with E-state index in [1.165, 1.54) is 0 Å². The molecule has 0 aliphatic heterocycles. The Hall–Kier alpha value is -2.37. The first-order valence-corrected chi connectivity index (χ1v) is 6.36. The average Bonchev–Trinajstić information content (AvgIpc) is 2.93. The van der Waals surface area contributed by atoms with E-state index in [0.717, 1.165) is 17.9 Å². The highest BCUT2D eigenvalue weighted by Crippen LogP contribution is 2.34. The number of benzene rings is 1. The molecule has 0 aliphatic carbocycles. The molecule has 1 aromatic carbocycles. The van der Waals surface area contributed by atoms with Crippen LogP contribution in [0.25, 0.3) is 0 Å². The van der Waals surface area contributed by atoms with Gasteiger partial charge in [-0.15, -0.1) is 0 Å². The first-order valence-electron chi connectivity index (χ1n) is 6.36. The number of ether oxygens (including phenoxy) is 2. The number of rotatable bonds is 6. The van der Waals surface area contributed by atoms with Gasteiger partial charge in [-0.25, -0.2) is 4.98 Å². The van der Waals surface area contributed by atoms with Gasteiger partial charge in [0.25, 0.3) is 0 Å². The van der Waals surface area contributed by atoms with E-state index in [1.54, 1.807) is 32.5 Å². The summed E-state index contributed by atoms with van der Waals surface area (Å²) < 4.78 is 16.0. The molecule has 2 rings (SSSR count). The van der Waals surface area contributed by atoms with Gasteiger partial charge in [0, 0.05) is 18.6 Å². The fraction of sp³-hybridized carbons (Fsp3) is 0.357. The highest BCUT2D eigenvalue weighted by Gasteiger charge is 2.10. The van der Waals surface area contributed by atoms with E-state index in [0.29, 0.717) is 29.6 Å². The molecule has 0 radical (unpaired) electrons. The second-order valence-corrected chi connectivity index (χ2v) is 4.22. The Morgan fingerprint density at radius 1 is 1.25 bits per heavy atom. The Bertz CT molecular complexity index is 581. The predicted octanol–water partition coefficient (Wildman–Crippen LogP) is 2.45. The van der Waals surface area contributed by atoms with Crippen molar-refractivity contribution in [1.29, 1.82) is 0 Å². The summed E-state index contributed by atoms with van der Waals surface area (Å²) in [4.78, 5) is 4.18. The molecule has 0 aliphatic rings. The summed E-state index contributed by atoms with van der Waals surface area (Å²) in [5.41, 5.74) is 7.29. The van der Waals surface area contributed by atoms with Crippen LogP contribution in [0.1, 0.15) is 18.6 Å². The summed E-state index contributed by atoms with van der Waals surface area (Å²) in [6, 6.07) is 3.51. The van der Waals surface area contributed by atoms with Gasteiger partial charge in [-0.2, -0.15) is 0 Å². The molecular formula is C14H19N3O3. The van der Waals surface area contributed by atoms with Crippen molar-refractivity contribution in [3.8, 4) is 11.5 Å². The van der Waals surface area contributed by atoms with Crippen LogP contribution in [0.15, 0.2) is 22.7 Å². The maximum Gasteiger partial charge on any atom is 0.213 e. The van der Waals surface area contributed by atoms with Gasteiger partial charge in [0.2, 0.25) is 5.89 Å². The first kappa shape index (κ1) is 14.0. The van der Waals surface area contributed by atoms with Gasteiger partial charge in [-0.05, 0) is 0 Å². The summed E-state index contributed by atoms with van der Waals surface area (Å²) in [5.74, 6) is 2.70. The molecule has 0 bridgehead atoms. The lowest BCUT2D eigenvalue weighted by Gasteiger charge is -2.13. The Morgan fingerprint density at radius 3 is 2.55 bits per heavy atom. The van der Waals surface area contributed by atoms with E-state index in [4.69, 9.17) is 19.6 Å². The normalized spacial score (nSPS) is 10.3. The van der Waals surface area contributed by atoms with E-state index in [9.17, 15) is 0 Å². The molecule has 1 heterocycles. The molecule has 108 valence electrons. The van der Waals surface area contributed by atoms with Crippen molar-refractivity contribution in [2.24, 2.45) is 0 Å². The minimum atomic E-state index is 0.458. The molecule has 20 heavy (non-hydrogen) atoms. The molecule has 3 N–H and O–H groups in total. The molecule has 0 unspecified atom stereocenters. The van der Waals surface area contributed by atoms with Crippen LogP contribution in [0.3, 0.4) is 0 Å². The zero-order chi connectivity index (χ0) is 14.5. The third-order valence-corrected chi connectivity index (χ3v) is 2.94. The summed E-state index contributed by atoms with van der Waals surface area (Å²) >= 11 is 0. The largest absolute Gasteiger partial charge is 0.493 e. The number of nitrogens with two attached hydrogens (primary N) is 1. The van der Waals surface area contributed by atoms with Crippen LogP contribution < -0.4 is 20.5 Å². The van der Waals surface area contributed by atoms with Crippen LogP contribution in [0.4, 0.5) is 11.4 Å². The molecule has 2 aromatic rings. The van der Waals surface area contributed by atoms with E-state index in [-0.39, 0.29) is 0 Å². The quantitative estimate of drug-likeness (QED) is 0.789. The standard InChI is InChI=1S/C14H19N3O3/c1-4-9-7-17-14(20-9)8-16-11-6-13(19-3)12(18-2)5-10(11)15/h5-7,16H,4,8,15H2,1-3H3. The van der Waals surface area contributed by atoms with Gasteiger partial charge in [-0.3, -0.25) is 0 Å². The molecule has 6 nitrogen and oxygen atoms in total. The number of anilines is 2. The minimum absolute atomic E-state index is 0.458. The van der Waals surface area contributed by atoms with Gasteiger partial charge in [-0.1, -0.05) is 6.92 Å². The Kier molecular flexibility index (Phi) is 4.34. The SMILES string of the molecule is CCc1cnc(CNc2cc(OC)c(OC)cc2N)o1. The fourth-order valence-electron chi connectivity index (χ4n) is 1.81. The first-order chi connectivity index (χ1) is 9.67. The highest BCUT2D eigenvalue weighted by molar-refractivity contribution is 5.71. The van der Waals surface area contributed by atoms with E-state index in [2.05, 4.69) is 10.3 Å². The van der Waals surface area contributed by atoms with Crippen LogP contribution in [0.2, 0.25) is 0 Å². The number of methoxy groups -OCH3 is 2. The van der Waals surface area contributed by atoms with Crippen LogP contribution >= 0.6 is 0 Å². The topological polar surface area (TPSA) is 82.5 Å². The molecule has 0 atom stereocenters. The second kappa shape index (κ2) is 6.18. The van der Waals surface area contributed by atoms with E-state index >= 15 is 0 Å². The van der Waals surface area contributed by atoms with E-state index < -0.39 is 0 Å². The maximum atomic E-state index is 5.97. The van der Waals surface area contributed by atoms with Crippen molar-refractivity contribution < 1.29 is 13.9 Å². The number of nitrogen functional groups attached to an aromatic ring is 1. The van der Waals surface area contributed by atoms with Crippen LogP contribution in [-0.2, 0) is 13.0 Å². The fourth-order valence-corrected chi connectivity index (χ4v) is 1.81. The molecule has 0 saturated carbocycles. The van der Waals surface area contributed by atoms with Crippen molar-refractivity contribution in [2.75, 3.05) is 25.3 Å². The number of hydrogen-bond donors (Lipinski definition) is 2. The summed E-state index contributed by atoms with van der Waals surface area (Å²) in [6.07, 6.45) is 2.56. The van der Waals surface area contributed by atoms with Gasteiger partial charge >= 0.3 is 0 Å². The van der Waals surface area contributed by atoms with Crippen LogP contribution in [-0.4, -0.2) is 19.2 Å². The van der Waals surface area contributed by atoms with Gasteiger partial charge in [0.15, 0.2) is 11.5 Å². The van der Waals surface area contributed by atoms with Crippen molar-refractivity contribution in [1.82, 2.24) is 4.98 Å². The summed E-state index contributed by atoms with van der Waals surface area (Å²) in [5, 5.41) is 3.18.